The third kappa shape index (κ3) is 6.63. The predicted molar refractivity (Wildman–Crippen MR) is 70.9 cm³/mol. The summed E-state index contributed by atoms with van der Waals surface area (Å²) in [6, 6.07) is 4.83. The van der Waals surface area contributed by atoms with Crippen molar-refractivity contribution in [2.24, 2.45) is 5.73 Å². The quantitative estimate of drug-likeness (QED) is 0.873. The first kappa shape index (κ1) is 18.5. The zero-order valence-corrected chi connectivity index (χ0v) is 11.6. The number of nitrogens with one attached hydrogen (secondary N) is 1. The molecule has 0 saturated heterocycles. The molecule has 1 aromatic carbocycles. The first-order valence-corrected chi connectivity index (χ1v) is 5.57. The van der Waals surface area contributed by atoms with Crippen LogP contribution in [0.15, 0.2) is 18.2 Å². The van der Waals surface area contributed by atoms with Gasteiger partial charge in [0.1, 0.15) is 5.75 Å². The lowest BCUT2D eigenvalue weighted by Crippen LogP contribution is -2.30. The van der Waals surface area contributed by atoms with Crippen LogP contribution in [0.4, 0.5) is 13.2 Å². The highest BCUT2D eigenvalue weighted by Gasteiger charge is 2.28. The molecule has 0 bridgehead atoms. The van der Waals surface area contributed by atoms with Crippen molar-refractivity contribution in [1.29, 1.82) is 0 Å². The summed E-state index contributed by atoms with van der Waals surface area (Å²) in [6.07, 6.45) is -4.40. The molecule has 0 aliphatic carbocycles. The number of aryl methyl sites for hydroxylation is 1. The average molecular weight is 313 g/mol. The summed E-state index contributed by atoms with van der Waals surface area (Å²) < 4.78 is 41.1. The molecule has 8 heteroatoms. The van der Waals surface area contributed by atoms with Gasteiger partial charge in [-0.3, -0.25) is 4.79 Å². The Hall–Kier alpha value is -1.47. The van der Waals surface area contributed by atoms with Crippen LogP contribution >= 0.6 is 12.4 Å². The van der Waals surface area contributed by atoms with Crippen LogP contribution in [0.1, 0.15) is 11.1 Å². The highest BCUT2D eigenvalue weighted by Crippen LogP contribution is 2.23. The number of alkyl halides is 3. The Kier molecular flexibility index (Phi) is 7.38. The van der Waals surface area contributed by atoms with Gasteiger partial charge in [0.25, 0.3) is 0 Å². The lowest BCUT2D eigenvalue weighted by atomic mass is 10.1. The Morgan fingerprint density at radius 3 is 2.60 bits per heavy atom. The van der Waals surface area contributed by atoms with E-state index in [9.17, 15) is 18.0 Å². The van der Waals surface area contributed by atoms with Gasteiger partial charge in [0.2, 0.25) is 5.91 Å². The maximum absolute atomic E-state index is 12.1. The van der Waals surface area contributed by atoms with Crippen LogP contribution in [0, 0.1) is 6.92 Å². The zero-order chi connectivity index (χ0) is 14.5. The monoisotopic (exact) mass is 312 g/mol. The van der Waals surface area contributed by atoms with Crippen molar-refractivity contribution in [2.45, 2.75) is 19.6 Å². The molecule has 1 rings (SSSR count). The summed E-state index contributed by atoms with van der Waals surface area (Å²) in [4.78, 5) is 11.0. The third-order valence-corrected chi connectivity index (χ3v) is 2.28. The SMILES string of the molecule is Cc1ccc(CNC(=O)CN)c(OCC(F)(F)F)c1.Cl. The van der Waals surface area contributed by atoms with Crippen molar-refractivity contribution in [3.63, 3.8) is 0 Å². The van der Waals surface area contributed by atoms with Crippen LogP contribution in [0.25, 0.3) is 0 Å². The van der Waals surface area contributed by atoms with Gasteiger partial charge in [-0.2, -0.15) is 13.2 Å². The molecule has 114 valence electrons. The van der Waals surface area contributed by atoms with E-state index in [1.54, 1.807) is 19.1 Å². The normalized spacial score (nSPS) is 10.7. The van der Waals surface area contributed by atoms with E-state index in [2.05, 4.69) is 5.32 Å². The van der Waals surface area contributed by atoms with E-state index in [1.165, 1.54) is 6.07 Å². The molecule has 3 N–H and O–H groups in total. The lowest BCUT2D eigenvalue weighted by Gasteiger charge is -2.14. The van der Waals surface area contributed by atoms with Gasteiger partial charge < -0.3 is 15.8 Å². The molecule has 1 amide bonds. The topological polar surface area (TPSA) is 64.4 Å². The largest absolute Gasteiger partial charge is 0.484 e. The molecule has 4 nitrogen and oxygen atoms in total. The van der Waals surface area contributed by atoms with Crippen LogP contribution in [0.5, 0.6) is 5.75 Å². The maximum atomic E-state index is 12.1. The van der Waals surface area contributed by atoms with Crippen LogP contribution in [-0.2, 0) is 11.3 Å². The Balaban J connectivity index is 0.00000361. The number of carbonyl (C=O) groups excluding carboxylic acids is 1. The number of nitrogens with two attached hydrogens (primary N) is 1. The van der Waals surface area contributed by atoms with E-state index >= 15 is 0 Å². The minimum absolute atomic E-state index is 0. The number of amides is 1. The Labute approximate surface area is 120 Å². The molecule has 0 aliphatic heterocycles. The van der Waals surface area contributed by atoms with Crippen molar-refractivity contribution < 1.29 is 22.7 Å². The Morgan fingerprint density at radius 1 is 1.40 bits per heavy atom. The Morgan fingerprint density at radius 2 is 2.05 bits per heavy atom. The molecule has 0 saturated carbocycles. The molecule has 0 unspecified atom stereocenters. The summed E-state index contributed by atoms with van der Waals surface area (Å²) in [7, 11) is 0. The zero-order valence-electron chi connectivity index (χ0n) is 10.8. The standard InChI is InChI=1S/C12H15F3N2O2.ClH/c1-8-2-3-9(6-17-11(18)5-16)10(4-8)19-7-12(13,14)15;/h2-4H,5-7,16H2,1H3,(H,17,18);1H. The number of hydrogen-bond donors (Lipinski definition) is 2. The fraction of sp³-hybridized carbons (Fsp3) is 0.417. The van der Waals surface area contributed by atoms with E-state index in [4.69, 9.17) is 10.5 Å². The average Bonchev–Trinajstić information content (AvgIpc) is 2.33. The molecule has 0 aliphatic rings. The summed E-state index contributed by atoms with van der Waals surface area (Å²) in [5, 5.41) is 2.48. The minimum atomic E-state index is -4.40. The van der Waals surface area contributed by atoms with E-state index in [0.29, 0.717) is 5.56 Å². The highest BCUT2D eigenvalue weighted by molar-refractivity contribution is 5.85. The number of carbonyl (C=O) groups is 1. The van der Waals surface area contributed by atoms with Gasteiger partial charge in [0.15, 0.2) is 6.61 Å². The number of benzene rings is 1. The van der Waals surface area contributed by atoms with Gasteiger partial charge in [-0.05, 0) is 18.6 Å². The van der Waals surface area contributed by atoms with Gasteiger partial charge in [0, 0.05) is 12.1 Å². The van der Waals surface area contributed by atoms with Crippen LogP contribution in [-0.4, -0.2) is 25.2 Å². The smallest absolute Gasteiger partial charge is 0.422 e. The van der Waals surface area contributed by atoms with Crippen molar-refractivity contribution in [3.8, 4) is 5.75 Å². The molecule has 20 heavy (non-hydrogen) atoms. The van der Waals surface area contributed by atoms with E-state index in [1.807, 2.05) is 0 Å². The van der Waals surface area contributed by atoms with Gasteiger partial charge in [-0.15, -0.1) is 12.4 Å². The van der Waals surface area contributed by atoms with Gasteiger partial charge >= 0.3 is 6.18 Å². The predicted octanol–water partition coefficient (Wildman–Crippen LogP) is 1.93. The van der Waals surface area contributed by atoms with Gasteiger partial charge in [0.05, 0.1) is 6.54 Å². The molecule has 0 spiro atoms. The molecule has 1 aromatic rings. The van der Waals surface area contributed by atoms with Gasteiger partial charge in [-0.1, -0.05) is 12.1 Å². The van der Waals surface area contributed by atoms with Crippen LogP contribution in [0.2, 0.25) is 0 Å². The molecular weight excluding hydrogens is 297 g/mol. The lowest BCUT2D eigenvalue weighted by molar-refractivity contribution is -0.153. The molecule has 0 heterocycles. The van der Waals surface area contributed by atoms with Gasteiger partial charge in [-0.25, -0.2) is 0 Å². The second-order valence-electron chi connectivity index (χ2n) is 4.00. The summed E-state index contributed by atoms with van der Waals surface area (Å²) in [5.41, 5.74) is 6.36. The second kappa shape index (κ2) is 7.96. The summed E-state index contributed by atoms with van der Waals surface area (Å²) >= 11 is 0. The van der Waals surface area contributed by atoms with Crippen molar-refractivity contribution in [2.75, 3.05) is 13.2 Å². The van der Waals surface area contributed by atoms with Crippen molar-refractivity contribution in [3.05, 3.63) is 29.3 Å². The number of ether oxygens (including phenoxy) is 1. The summed E-state index contributed by atoms with van der Waals surface area (Å²) in [5.74, 6) is -0.281. The molecule has 0 aromatic heterocycles. The van der Waals surface area contributed by atoms with E-state index in [0.717, 1.165) is 5.56 Å². The third-order valence-electron chi connectivity index (χ3n) is 2.28. The number of rotatable bonds is 5. The van der Waals surface area contributed by atoms with Crippen LogP contribution < -0.4 is 15.8 Å². The highest BCUT2D eigenvalue weighted by atomic mass is 35.5. The molecule has 0 atom stereocenters. The first-order valence-electron chi connectivity index (χ1n) is 5.57. The number of halogens is 4. The fourth-order valence-electron chi connectivity index (χ4n) is 1.37. The number of hydrogen-bond acceptors (Lipinski definition) is 3. The fourth-order valence-corrected chi connectivity index (χ4v) is 1.37. The van der Waals surface area contributed by atoms with E-state index < -0.39 is 12.8 Å². The molecular formula is C12H16ClF3N2O2. The van der Waals surface area contributed by atoms with E-state index in [-0.39, 0.29) is 37.2 Å². The molecule has 0 radical (unpaired) electrons. The maximum Gasteiger partial charge on any atom is 0.422 e. The van der Waals surface area contributed by atoms with Crippen LogP contribution in [0.3, 0.4) is 0 Å². The van der Waals surface area contributed by atoms with Crippen molar-refractivity contribution in [1.82, 2.24) is 5.32 Å². The Bertz CT molecular complexity index is 453. The van der Waals surface area contributed by atoms with Crippen molar-refractivity contribution >= 4 is 18.3 Å². The summed E-state index contributed by atoms with van der Waals surface area (Å²) in [6.45, 7) is 0.269. The first-order chi connectivity index (χ1) is 8.81. The minimum Gasteiger partial charge on any atom is -0.484 e. The molecule has 0 fully saturated rings. The second-order valence-corrected chi connectivity index (χ2v) is 4.00.